The fourth-order valence-corrected chi connectivity index (χ4v) is 16.4. The van der Waals surface area contributed by atoms with Crippen molar-refractivity contribution in [2.75, 3.05) is 0 Å². The number of aryl methyl sites for hydroxylation is 4. The van der Waals surface area contributed by atoms with Crippen molar-refractivity contribution in [3.05, 3.63) is 94.6 Å². The summed E-state index contributed by atoms with van der Waals surface area (Å²) in [6, 6.07) is 31.4. The molecule has 53 heavy (non-hydrogen) atoms. The van der Waals surface area contributed by atoms with Gasteiger partial charge in [0.1, 0.15) is 8.07 Å². The summed E-state index contributed by atoms with van der Waals surface area (Å²) in [4.78, 5) is 15.5. The van der Waals surface area contributed by atoms with E-state index in [2.05, 4.69) is 114 Å². The van der Waals surface area contributed by atoms with E-state index >= 15 is 0 Å². The zero-order chi connectivity index (χ0) is 37.0. The lowest BCUT2D eigenvalue weighted by Crippen LogP contribution is -2.55. The SMILES string of the molecule is CCCCCCCC[Si]1(CCCCCCCC)c2cc(C)ccc2-c2ccc(-c3ccc(-c4ccc(-c5ccc(C)s5)c5nc(C)c(C)nc45)s3)cc21. The fraction of sp³-hybridized carbons (Fsp3) is 0.417. The number of rotatable bonds is 17. The minimum Gasteiger partial charge on any atom is -0.249 e. The predicted molar refractivity (Wildman–Crippen MR) is 237 cm³/mol. The highest BCUT2D eigenvalue weighted by molar-refractivity contribution is 7.19. The maximum atomic E-state index is 5.18. The van der Waals surface area contributed by atoms with Crippen LogP contribution in [0.1, 0.15) is 113 Å². The summed E-state index contributed by atoms with van der Waals surface area (Å²) >= 11 is 3.74. The van der Waals surface area contributed by atoms with Crippen LogP contribution in [0.2, 0.25) is 12.1 Å². The van der Waals surface area contributed by atoms with E-state index in [1.165, 1.54) is 142 Å². The van der Waals surface area contributed by atoms with Gasteiger partial charge in [0.2, 0.25) is 0 Å². The summed E-state index contributed by atoms with van der Waals surface area (Å²) in [6.45, 7) is 13.3. The molecule has 0 radical (unpaired) electrons. The largest absolute Gasteiger partial charge is 0.249 e. The summed E-state index contributed by atoms with van der Waals surface area (Å²) < 4.78 is 0. The number of nitrogens with zero attached hydrogens (tertiary/aromatic N) is 2. The van der Waals surface area contributed by atoms with E-state index in [-0.39, 0.29) is 0 Å². The van der Waals surface area contributed by atoms with Gasteiger partial charge in [0, 0.05) is 30.6 Å². The van der Waals surface area contributed by atoms with E-state index in [1.807, 2.05) is 22.7 Å². The van der Waals surface area contributed by atoms with Gasteiger partial charge < -0.3 is 0 Å². The van der Waals surface area contributed by atoms with Crippen LogP contribution in [0.25, 0.3) is 53.5 Å². The average molecular weight is 755 g/mol. The molecular formula is C48H58N2S2Si. The maximum absolute atomic E-state index is 5.18. The van der Waals surface area contributed by atoms with Crippen LogP contribution in [0.15, 0.2) is 72.8 Å². The summed E-state index contributed by atoms with van der Waals surface area (Å²) in [5.74, 6) is 0. The van der Waals surface area contributed by atoms with Crippen molar-refractivity contribution in [2.45, 2.75) is 131 Å². The third-order valence-corrected chi connectivity index (χ3v) is 19.3. The van der Waals surface area contributed by atoms with Crippen molar-refractivity contribution in [3.63, 3.8) is 0 Å². The smallest absolute Gasteiger partial charge is 0.119 e. The van der Waals surface area contributed by atoms with Gasteiger partial charge in [-0.05, 0) is 91.1 Å². The second-order valence-electron chi connectivity index (χ2n) is 15.8. The number of fused-ring (bicyclic) bond motifs is 4. The minimum atomic E-state index is -1.96. The Balaban J connectivity index is 1.26. The molecule has 0 spiro atoms. The molecule has 0 bridgehead atoms. The molecule has 7 rings (SSSR count). The van der Waals surface area contributed by atoms with Gasteiger partial charge >= 0.3 is 0 Å². The first kappa shape index (κ1) is 37.9. The Morgan fingerprint density at radius 3 is 1.55 bits per heavy atom. The molecule has 2 nitrogen and oxygen atoms in total. The summed E-state index contributed by atoms with van der Waals surface area (Å²) in [5, 5.41) is 3.45. The van der Waals surface area contributed by atoms with Crippen LogP contribution in [-0.2, 0) is 0 Å². The first-order chi connectivity index (χ1) is 25.8. The van der Waals surface area contributed by atoms with Crippen LogP contribution >= 0.6 is 22.7 Å². The standard InChI is InChI=1S/C48H58N2S2Si/c1-7-9-11-13-15-17-29-53(30-18-16-14-12-10-8-2)45-31-33(3)19-22-38(45)39-23-21-37(32-46(39)53)42-27-28-44(52-42)41-25-24-40(43-26-20-34(4)51-43)47-48(41)50-36(6)35(5)49-47/h19-28,31-32H,7-18,29-30H2,1-6H3. The minimum absolute atomic E-state index is 1.000. The highest BCUT2D eigenvalue weighted by atomic mass is 32.1. The highest BCUT2D eigenvalue weighted by Gasteiger charge is 2.44. The molecule has 0 atom stereocenters. The summed E-state index contributed by atoms with van der Waals surface area (Å²) in [6.07, 6.45) is 16.4. The predicted octanol–water partition coefficient (Wildman–Crippen LogP) is 14.3. The Labute approximate surface area is 328 Å². The molecule has 0 unspecified atom stereocenters. The number of unbranched alkanes of at least 4 members (excludes halogenated alkanes) is 10. The molecule has 5 heteroatoms. The van der Waals surface area contributed by atoms with Gasteiger partial charge in [0.05, 0.1) is 22.4 Å². The second kappa shape index (κ2) is 17.0. The molecule has 276 valence electrons. The summed E-state index contributed by atoms with van der Waals surface area (Å²) in [5.41, 5.74) is 12.2. The van der Waals surface area contributed by atoms with Gasteiger partial charge in [-0.1, -0.05) is 145 Å². The topological polar surface area (TPSA) is 25.8 Å². The molecule has 3 aromatic carbocycles. The van der Waals surface area contributed by atoms with E-state index in [0.717, 1.165) is 22.4 Å². The van der Waals surface area contributed by atoms with Gasteiger partial charge in [-0.25, -0.2) is 9.97 Å². The van der Waals surface area contributed by atoms with Gasteiger partial charge in [0.25, 0.3) is 0 Å². The second-order valence-corrected chi connectivity index (χ2v) is 22.4. The fourth-order valence-electron chi connectivity index (χ4n) is 8.76. The molecule has 3 aromatic heterocycles. The van der Waals surface area contributed by atoms with Crippen molar-refractivity contribution < 1.29 is 0 Å². The molecule has 0 N–H and O–H groups in total. The number of aromatic nitrogens is 2. The van der Waals surface area contributed by atoms with Crippen LogP contribution in [-0.4, -0.2) is 18.0 Å². The Kier molecular flexibility index (Phi) is 12.1. The molecule has 0 aliphatic carbocycles. The lowest BCUT2D eigenvalue weighted by Gasteiger charge is -2.31. The zero-order valence-corrected chi connectivity index (χ0v) is 35.7. The number of hydrogen-bond donors (Lipinski definition) is 0. The maximum Gasteiger partial charge on any atom is 0.119 e. The molecular weight excluding hydrogens is 697 g/mol. The van der Waals surface area contributed by atoms with Gasteiger partial charge in [-0.3, -0.25) is 0 Å². The molecule has 1 aliphatic rings. The van der Waals surface area contributed by atoms with Crippen molar-refractivity contribution in [1.29, 1.82) is 0 Å². The normalized spacial score (nSPS) is 13.2. The van der Waals surface area contributed by atoms with Crippen LogP contribution in [0.3, 0.4) is 0 Å². The van der Waals surface area contributed by atoms with E-state index in [0.29, 0.717) is 0 Å². The van der Waals surface area contributed by atoms with Crippen LogP contribution in [0, 0.1) is 27.7 Å². The Bertz CT molecular complexity index is 2170. The van der Waals surface area contributed by atoms with E-state index < -0.39 is 8.07 Å². The van der Waals surface area contributed by atoms with Crippen molar-refractivity contribution >= 4 is 52.2 Å². The molecule has 1 aliphatic heterocycles. The third kappa shape index (κ3) is 7.90. The molecule has 0 fully saturated rings. The quantitative estimate of drug-likeness (QED) is 0.0684. The summed E-state index contributed by atoms with van der Waals surface area (Å²) in [7, 11) is -1.96. The Hall–Kier alpha value is -3.38. The Morgan fingerprint density at radius 2 is 0.962 bits per heavy atom. The molecule has 6 aromatic rings. The van der Waals surface area contributed by atoms with Crippen LogP contribution in [0.4, 0.5) is 0 Å². The first-order valence-corrected chi connectivity index (χ1v) is 24.6. The third-order valence-electron chi connectivity index (χ3n) is 11.8. The van der Waals surface area contributed by atoms with Crippen molar-refractivity contribution in [3.8, 4) is 42.4 Å². The molecule has 0 saturated heterocycles. The number of benzene rings is 3. The van der Waals surface area contributed by atoms with Crippen molar-refractivity contribution in [1.82, 2.24) is 9.97 Å². The molecule has 4 heterocycles. The van der Waals surface area contributed by atoms with Crippen molar-refractivity contribution in [2.24, 2.45) is 0 Å². The van der Waals surface area contributed by atoms with Gasteiger partial charge in [0.15, 0.2) is 0 Å². The zero-order valence-electron chi connectivity index (χ0n) is 33.0. The van der Waals surface area contributed by atoms with Crippen LogP contribution < -0.4 is 10.4 Å². The first-order valence-electron chi connectivity index (χ1n) is 20.5. The monoisotopic (exact) mass is 754 g/mol. The van der Waals surface area contributed by atoms with Crippen LogP contribution in [0.5, 0.6) is 0 Å². The van der Waals surface area contributed by atoms with Gasteiger partial charge in [-0.15, -0.1) is 22.7 Å². The Morgan fingerprint density at radius 1 is 0.472 bits per heavy atom. The average Bonchev–Trinajstić information content (AvgIpc) is 3.88. The highest BCUT2D eigenvalue weighted by Crippen LogP contribution is 2.43. The van der Waals surface area contributed by atoms with Gasteiger partial charge in [-0.2, -0.15) is 0 Å². The van der Waals surface area contributed by atoms with E-state index in [4.69, 9.17) is 9.97 Å². The molecule has 0 saturated carbocycles. The number of hydrogen-bond acceptors (Lipinski definition) is 4. The molecule has 0 amide bonds. The lowest BCUT2D eigenvalue weighted by atomic mass is 10.0. The van der Waals surface area contributed by atoms with E-state index in [1.54, 1.807) is 10.4 Å². The lowest BCUT2D eigenvalue weighted by molar-refractivity contribution is 0.616. The van der Waals surface area contributed by atoms with E-state index in [9.17, 15) is 0 Å². The number of thiophene rings is 2.